The first-order valence-electron chi connectivity index (χ1n) is 5.75. The van der Waals surface area contributed by atoms with E-state index in [0.717, 1.165) is 5.69 Å². The minimum atomic E-state index is -0.638. The number of carbonyl (C=O) groups excluding carboxylic acids is 1. The molecule has 0 amide bonds. The summed E-state index contributed by atoms with van der Waals surface area (Å²) in [6.45, 7) is 3.73. The highest BCUT2D eigenvalue weighted by molar-refractivity contribution is 7.13. The third kappa shape index (κ3) is 3.32. The van der Waals surface area contributed by atoms with E-state index < -0.39 is 5.97 Å². The van der Waals surface area contributed by atoms with E-state index >= 15 is 0 Å². The van der Waals surface area contributed by atoms with E-state index in [1.165, 1.54) is 11.3 Å². The summed E-state index contributed by atoms with van der Waals surface area (Å²) in [6.07, 6.45) is 1.58. The van der Waals surface area contributed by atoms with E-state index in [1.807, 2.05) is 6.92 Å². The molecule has 2 aromatic rings. The number of nitrogens with one attached hydrogen (secondary N) is 1. The van der Waals surface area contributed by atoms with Crippen LogP contribution < -0.4 is 10.6 Å². The van der Waals surface area contributed by atoms with E-state index in [9.17, 15) is 4.79 Å². The number of oxime groups is 1. The lowest BCUT2D eigenvalue weighted by molar-refractivity contribution is -0.135. The van der Waals surface area contributed by atoms with Gasteiger partial charge in [0, 0.05) is 11.1 Å². The third-order valence-electron chi connectivity index (χ3n) is 2.14. The Bertz CT molecular complexity index is 634. The number of rotatable bonds is 5. The maximum absolute atomic E-state index is 11.8. The minimum Gasteiger partial charge on any atom is -0.461 e. The van der Waals surface area contributed by atoms with Crippen molar-refractivity contribution in [1.29, 1.82) is 0 Å². The minimum absolute atomic E-state index is 0.0612. The van der Waals surface area contributed by atoms with Crippen LogP contribution in [0.2, 0.25) is 0 Å². The molecule has 0 saturated heterocycles. The molecule has 0 aromatic carbocycles. The van der Waals surface area contributed by atoms with Gasteiger partial charge >= 0.3 is 12.0 Å². The van der Waals surface area contributed by atoms with E-state index in [-0.39, 0.29) is 18.3 Å². The van der Waals surface area contributed by atoms with E-state index in [4.69, 9.17) is 15.3 Å². The molecule has 0 saturated carbocycles. The van der Waals surface area contributed by atoms with Crippen LogP contribution in [0, 0.1) is 6.92 Å². The summed E-state index contributed by atoms with van der Waals surface area (Å²) in [4.78, 5) is 27.6. The predicted octanol–water partition coefficient (Wildman–Crippen LogP) is 1.10. The van der Waals surface area contributed by atoms with Crippen molar-refractivity contribution in [2.45, 2.75) is 13.8 Å². The first-order valence-corrected chi connectivity index (χ1v) is 6.63. The number of aryl methyl sites for hydroxylation is 1. The number of thiazole rings is 1. The Morgan fingerprint density at radius 1 is 1.60 bits per heavy atom. The van der Waals surface area contributed by atoms with Gasteiger partial charge in [0.15, 0.2) is 5.13 Å². The molecule has 0 fully saturated rings. The van der Waals surface area contributed by atoms with Crippen molar-refractivity contribution in [3.8, 4) is 6.01 Å². The number of anilines is 1. The third-order valence-corrected chi connectivity index (χ3v) is 2.81. The quantitative estimate of drug-likeness (QED) is 0.485. The van der Waals surface area contributed by atoms with Gasteiger partial charge in [-0.3, -0.25) is 0 Å². The number of H-pyrrole nitrogens is 1. The number of aromatic amines is 1. The number of aromatic nitrogens is 3. The van der Waals surface area contributed by atoms with Gasteiger partial charge in [-0.25, -0.2) is 14.8 Å². The lowest BCUT2D eigenvalue weighted by Gasteiger charge is -2.02. The molecule has 9 heteroatoms. The van der Waals surface area contributed by atoms with Crippen LogP contribution >= 0.6 is 11.3 Å². The number of nitrogen functional groups attached to an aromatic ring is 1. The second kappa shape index (κ2) is 6.15. The number of nitrogens with zero attached hydrogens (tertiary/aromatic N) is 3. The van der Waals surface area contributed by atoms with Crippen molar-refractivity contribution >= 4 is 28.1 Å². The summed E-state index contributed by atoms with van der Waals surface area (Å²) in [5.74, 6) is -0.638. The first-order chi connectivity index (χ1) is 9.60. The van der Waals surface area contributed by atoms with Crippen LogP contribution in [-0.2, 0) is 9.53 Å². The van der Waals surface area contributed by atoms with Crippen molar-refractivity contribution < 1.29 is 14.4 Å². The van der Waals surface area contributed by atoms with E-state index in [1.54, 1.807) is 18.5 Å². The van der Waals surface area contributed by atoms with Crippen molar-refractivity contribution in [2.24, 2.45) is 5.16 Å². The summed E-state index contributed by atoms with van der Waals surface area (Å²) in [5.41, 5.74) is 6.59. The molecule has 0 unspecified atom stereocenters. The molecule has 0 aliphatic rings. The number of hydrogen-bond donors (Lipinski definition) is 2. The molecule has 0 aliphatic heterocycles. The molecule has 20 heavy (non-hydrogen) atoms. The first kappa shape index (κ1) is 14.0. The van der Waals surface area contributed by atoms with Crippen molar-refractivity contribution in [1.82, 2.24) is 15.0 Å². The number of esters is 1. The molecule has 2 aromatic heterocycles. The van der Waals surface area contributed by atoms with Gasteiger partial charge in [0.1, 0.15) is 5.69 Å². The van der Waals surface area contributed by atoms with Crippen LogP contribution in [0.1, 0.15) is 18.3 Å². The second-order valence-corrected chi connectivity index (χ2v) is 4.58. The van der Waals surface area contributed by atoms with Crippen LogP contribution in [0.15, 0.2) is 16.7 Å². The fraction of sp³-hybridized carbons (Fsp3) is 0.273. The monoisotopic (exact) mass is 295 g/mol. The maximum atomic E-state index is 11.8. The van der Waals surface area contributed by atoms with Crippen LogP contribution in [0.4, 0.5) is 5.13 Å². The molecular formula is C11H13N5O3S. The van der Waals surface area contributed by atoms with Gasteiger partial charge in [0.05, 0.1) is 12.8 Å². The number of nitrogens with two attached hydrogens (primary N) is 1. The number of ether oxygens (including phenoxy) is 1. The molecule has 0 atom stereocenters. The fourth-order valence-electron chi connectivity index (χ4n) is 1.31. The van der Waals surface area contributed by atoms with Gasteiger partial charge in [0.25, 0.3) is 0 Å². The smallest absolute Gasteiger partial charge is 0.362 e. The lowest BCUT2D eigenvalue weighted by Crippen LogP contribution is -2.20. The van der Waals surface area contributed by atoms with E-state index in [2.05, 4.69) is 20.1 Å². The average Bonchev–Trinajstić information content (AvgIpc) is 2.99. The molecule has 0 bridgehead atoms. The topological polar surface area (TPSA) is 115 Å². The Balaban J connectivity index is 2.23. The fourth-order valence-corrected chi connectivity index (χ4v) is 1.86. The summed E-state index contributed by atoms with van der Waals surface area (Å²) >= 11 is 1.19. The Morgan fingerprint density at radius 2 is 2.40 bits per heavy atom. The Hall–Kier alpha value is -2.42. The van der Waals surface area contributed by atoms with Gasteiger partial charge in [0.2, 0.25) is 5.71 Å². The van der Waals surface area contributed by atoms with Gasteiger partial charge in [-0.05, 0) is 13.8 Å². The second-order valence-electron chi connectivity index (χ2n) is 3.69. The molecule has 0 radical (unpaired) electrons. The number of carbonyl (C=O) groups is 1. The molecule has 2 heterocycles. The Labute approximate surface area is 118 Å². The van der Waals surface area contributed by atoms with Crippen LogP contribution in [0.25, 0.3) is 0 Å². The zero-order valence-electron chi connectivity index (χ0n) is 10.9. The van der Waals surface area contributed by atoms with E-state index in [0.29, 0.717) is 10.8 Å². The maximum Gasteiger partial charge on any atom is 0.362 e. The standard InChI is InChI=1S/C11H13N5O3S/c1-3-18-9(17)8(7-5-20-10(12)15-7)16-19-11-13-4-6(2)14-11/h4-5H,3H2,1-2H3,(H2,12,15)(H,13,14)/b16-8-. The van der Waals surface area contributed by atoms with Crippen LogP contribution in [0.5, 0.6) is 6.01 Å². The van der Waals surface area contributed by atoms with Gasteiger partial charge < -0.3 is 20.3 Å². The average molecular weight is 295 g/mol. The molecule has 2 rings (SSSR count). The molecule has 3 N–H and O–H groups in total. The molecule has 8 nitrogen and oxygen atoms in total. The Kier molecular flexibility index (Phi) is 4.31. The molecule has 0 spiro atoms. The number of hydrogen-bond acceptors (Lipinski definition) is 8. The summed E-state index contributed by atoms with van der Waals surface area (Å²) < 4.78 is 4.90. The summed E-state index contributed by atoms with van der Waals surface area (Å²) in [7, 11) is 0. The van der Waals surface area contributed by atoms with Gasteiger partial charge in [-0.15, -0.1) is 11.3 Å². The highest BCUT2D eigenvalue weighted by Gasteiger charge is 2.20. The van der Waals surface area contributed by atoms with Gasteiger partial charge in [-0.2, -0.15) is 0 Å². The zero-order chi connectivity index (χ0) is 14.5. The van der Waals surface area contributed by atoms with Crippen LogP contribution in [0.3, 0.4) is 0 Å². The SMILES string of the molecule is CCOC(=O)/C(=N\Oc1ncc(C)[nH]1)c1csc(N)n1. The van der Waals surface area contributed by atoms with Crippen LogP contribution in [-0.4, -0.2) is 33.2 Å². The van der Waals surface area contributed by atoms with Gasteiger partial charge in [-0.1, -0.05) is 5.16 Å². The molecular weight excluding hydrogens is 282 g/mol. The highest BCUT2D eigenvalue weighted by atomic mass is 32.1. The summed E-state index contributed by atoms with van der Waals surface area (Å²) in [6, 6.07) is 0.174. The van der Waals surface area contributed by atoms with Crippen molar-refractivity contribution in [2.75, 3.05) is 12.3 Å². The molecule has 0 aliphatic carbocycles. The predicted molar refractivity (Wildman–Crippen MR) is 73.6 cm³/mol. The number of imidazole rings is 1. The molecule has 106 valence electrons. The summed E-state index contributed by atoms with van der Waals surface area (Å²) in [5, 5.41) is 5.67. The Morgan fingerprint density at radius 3 is 2.95 bits per heavy atom. The zero-order valence-corrected chi connectivity index (χ0v) is 11.7. The van der Waals surface area contributed by atoms with Crippen molar-refractivity contribution in [3.05, 3.63) is 23.0 Å². The largest absolute Gasteiger partial charge is 0.461 e. The lowest BCUT2D eigenvalue weighted by atomic mass is 10.3. The van der Waals surface area contributed by atoms with Crippen molar-refractivity contribution in [3.63, 3.8) is 0 Å². The normalized spacial score (nSPS) is 11.4. The highest BCUT2D eigenvalue weighted by Crippen LogP contribution is 2.13.